The van der Waals surface area contributed by atoms with Crippen LogP contribution >= 0.6 is 7.82 Å². The number of aliphatic hydroxyl groups excluding tert-OH is 1. The molecular weight excluding hydrogens is 541 g/mol. The lowest BCUT2D eigenvalue weighted by atomic mass is 9.79. The molecule has 2 aliphatic heterocycles. The maximum atomic E-state index is 14.1. The van der Waals surface area contributed by atoms with E-state index < -0.39 is 61.9 Å². The second-order valence-corrected chi connectivity index (χ2v) is 12.0. The summed E-state index contributed by atoms with van der Waals surface area (Å²) in [7, 11) is -4.53. The zero-order valence-corrected chi connectivity index (χ0v) is 23.7. The standard InChI is InChI=1S/C28H32NO10P/c1-17-22-21(18(2)30)25(31)29(22)23(26(32)35-16-36-27(33)28(3,4)5)24(17)39-40(34,37-19-12-8-6-9-13-19)38-20-14-10-7-11-15-20/h6-15,17-18,21-22,30H,16H2,1-5H3/t17-,18-,21-,22-/m1/s1. The van der Waals surface area contributed by atoms with Crippen molar-refractivity contribution in [1.29, 1.82) is 0 Å². The number of benzene rings is 2. The van der Waals surface area contributed by atoms with Gasteiger partial charge in [-0.15, -0.1) is 0 Å². The van der Waals surface area contributed by atoms with Gasteiger partial charge in [0.2, 0.25) is 12.7 Å². The summed E-state index contributed by atoms with van der Waals surface area (Å²) < 4.78 is 41.6. The van der Waals surface area contributed by atoms with Crippen LogP contribution in [0.3, 0.4) is 0 Å². The molecule has 2 aromatic rings. The molecule has 0 unspecified atom stereocenters. The number of aliphatic hydroxyl groups is 1. The zero-order chi connectivity index (χ0) is 29.2. The minimum Gasteiger partial charge on any atom is -0.427 e. The van der Waals surface area contributed by atoms with Gasteiger partial charge >= 0.3 is 19.8 Å². The third-order valence-corrected chi connectivity index (χ3v) is 7.71. The van der Waals surface area contributed by atoms with Crippen LogP contribution in [-0.4, -0.2) is 46.8 Å². The van der Waals surface area contributed by atoms with Gasteiger partial charge in [-0.05, 0) is 52.0 Å². The van der Waals surface area contributed by atoms with Crippen LogP contribution in [0.25, 0.3) is 0 Å². The first-order valence-corrected chi connectivity index (χ1v) is 14.2. The lowest BCUT2D eigenvalue weighted by molar-refractivity contribution is -0.175. The number of rotatable bonds is 10. The molecule has 1 amide bonds. The van der Waals surface area contributed by atoms with Crippen molar-refractivity contribution in [3.8, 4) is 11.5 Å². The number of carbonyl (C=O) groups is 3. The molecule has 1 saturated heterocycles. The normalized spacial score (nSPS) is 21.2. The summed E-state index contributed by atoms with van der Waals surface area (Å²) in [5, 5.41) is 10.2. The van der Waals surface area contributed by atoms with Crippen LogP contribution < -0.4 is 9.05 Å². The molecule has 214 valence electrons. The maximum Gasteiger partial charge on any atom is 0.646 e. The highest BCUT2D eigenvalue weighted by Gasteiger charge is 2.62. The Morgan fingerprint density at radius 2 is 1.48 bits per heavy atom. The first-order chi connectivity index (χ1) is 18.8. The van der Waals surface area contributed by atoms with Crippen LogP contribution in [0.5, 0.6) is 11.5 Å². The average molecular weight is 574 g/mol. The van der Waals surface area contributed by atoms with Gasteiger partial charge in [0, 0.05) is 5.92 Å². The van der Waals surface area contributed by atoms with Crippen molar-refractivity contribution in [2.45, 2.75) is 46.8 Å². The average Bonchev–Trinajstić information content (AvgIpc) is 3.11. The summed E-state index contributed by atoms with van der Waals surface area (Å²) in [4.78, 5) is 39.5. The third kappa shape index (κ3) is 6.00. The number of nitrogens with zero attached hydrogens (tertiary/aromatic N) is 1. The van der Waals surface area contributed by atoms with E-state index in [1.165, 1.54) is 6.92 Å². The van der Waals surface area contributed by atoms with Crippen LogP contribution in [0.4, 0.5) is 0 Å². The van der Waals surface area contributed by atoms with E-state index in [1.807, 2.05) is 0 Å². The summed E-state index contributed by atoms with van der Waals surface area (Å²) in [5.41, 5.74) is -1.17. The van der Waals surface area contributed by atoms with Gasteiger partial charge in [0.05, 0.1) is 23.5 Å². The Morgan fingerprint density at radius 3 is 1.95 bits per heavy atom. The molecular formula is C28H32NO10P. The topological polar surface area (TPSA) is 138 Å². The molecule has 2 heterocycles. The summed E-state index contributed by atoms with van der Waals surface area (Å²) in [6.45, 7) is 7.33. The Hall–Kier alpha value is -3.82. The second-order valence-electron chi connectivity index (χ2n) is 10.5. The van der Waals surface area contributed by atoms with E-state index in [4.69, 9.17) is 23.0 Å². The van der Waals surface area contributed by atoms with E-state index in [-0.39, 0.29) is 23.0 Å². The number of carbonyl (C=O) groups excluding carboxylic acids is 3. The van der Waals surface area contributed by atoms with Crippen molar-refractivity contribution in [3.05, 3.63) is 72.1 Å². The first kappa shape index (κ1) is 29.2. The van der Waals surface area contributed by atoms with E-state index in [0.717, 1.165) is 4.90 Å². The van der Waals surface area contributed by atoms with E-state index in [9.17, 15) is 24.1 Å². The molecule has 4 rings (SSSR count). The lowest BCUT2D eigenvalue weighted by Gasteiger charge is -2.46. The highest BCUT2D eigenvalue weighted by Crippen LogP contribution is 2.57. The summed E-state index contributed by atoms with van der Waals surface area (Å²) in [5.74, 6) is -3.55. The van der Waals surface area contributed by atoms with Gasteiger partial charge in [0.25, 0.3) is 0 Å². The monoisotopic (exact) mass is 573 g/mol. The molecule has 4 atom stereocenters. The number of esters is 2. The second kappa shape index (κ2) is 11.3. The molecule has 0 spiro atoms. The fraction of sp³-hybridized carbons (Fsp3) is 0.393. The van der Waals surface area contributed by atoms with Gasteiger partial charge in [-0.2, -0.15) is 4.57 Å². The molecule has 2 aromatic carbocycles. The Labute approximate surface area is 232 Å². The first-order valence-electron chi connectivity index (χ1n) is 12.7. The smallest absolute Gasteiger partial charge is 0.427 e. The van der Waals surface area contributed by atoms with Gasteiger partial charge in [-0.25, -0.2) is 4.79 Å². The molecule has 11 nitrogen and oxygen atoms in total. The van der Waals surface area contributed by atoms with Crippen molar-refractivity contribution < 1.29 is 47.1 Å². The van der Waals surface area contributed by atoms with Crippen molar-refractivity contribution in [1.82, 2.24) is 4.90 Å². The maximum absolute atomic E-state index is 14.1. The summed E-state index contributed by atoms with van der Waals surface area (Å²) in [6.07, 6.45) is -1.02. The molecule has 0 bridgehead atoms. The van der Waals surface area contributed by atoms with Gasteiger partial charge in [0.15, 0.2) is 5.70 Å². The van der Waals surface area contributed by atoms with Gasteiger partial charge < -0.3 is 28.2 Å². The number of phosphoric acid groups is 1. The minimum atomic E-state index is -4.53. The molecule has 2 aliphatic rings. The molecule has 0 aromatic heterocycles. The Morgan fingerprint density at radius 1 is 0.950 bits per heavy atom. The van der Waals surface area contributed by atoms with E-state index >= 15 is 0 Å². The summed E-state index contributed by atoms with van der Waals surface area (Å²) >= 11 is 0. The van der Waals surface area contributed by atoms with E-state index in [1.54, 1.807) is 88.4 Å². The van der Waals surface area contributed by atoms with Crippen molar-refractivity contribution in [2.24, 2.45) is 17.3 Å². The zero-order valence-electron chi connectivity index (χ0n) is 22.8. The van der Waals surface area contributed by atoms with Crippen molar-refractivity contribution in [2.75, 3.05) is 6.79 Å². The quantitative estimate of drug-likeness (QED) is 0.188. The van der Waals surface area contributed by atoms with E-state index in [2.05, 4.69) is 0 Å². The van der Waals surface area contributed by atoms with Crippen LogP contribution in [0, 0.1) is 17.3 Å². The number of para-hydroxylation sites is 2. The van der Waals surface area contributed by atoms with Crippen LogP contribution in [0.2, 0.25) is 0 Å². The number of fused-ring (bicyclic) bond motifs is 1. The van der Waals surface area contributed by atoms with E-state index in [0.29, 0.717) is 0 Å². The number of phosphoric ester groups is 1. The fourth-order valence-corrected chi connectivity index (χ4v) is 5.82. The molecule has 1 fully saturated rings. The van der Waals surface area contributed by atoms with Crippen molar-refractivity contribution >= 4 is 25.7 Å². The predicted octanol–water partition coefficient (Wildman–Crippen LogP) is 4.43. The number of amides is 1. The van der Waals surface area contributed by atoms with Gasteiger partial charge in [0.1, 0.15) is 17.3 Å². The van der Waals surface area contributed by atoms with Gasteiger partial charge in [-0.3, -0.25) is 14.5 Å². The number of hydrogen-bond donors (Lipinski definition) is 1. The third-order valence-electron chi connectivity index (χ3n) is 6.43. The lowest BCUT2D eigenvalue weighted by Crippen LogP contribution is -2.63. The molecule has 0 saturated carbocycles. The molecule has 12 heteroatoms. The van der Waals surface area contributed by atoms with Crippen LogP contribution in [0.1, 0.15) is 34.6 Å². The Balaban J connectivity index is 1.68. The number of β-lactam (4-membered cyclic amide) rings is 1. The molecule has 40 heavy (non-hydrogen) atoms. The Kier molecular flexibility index (Phi) is 8.28. The SMILES string of the molecule is C[C@@H](O)[C@H]1C(=O)N2C(C(=O)OCOC(=O)C(C)(C)C)=C(OP(=O)(Oc3ccccc3)Oc3ccccc3)[C@H](C)[C@H]12. The van der Waals surface area contributed by atoms with Crippen molar-refractivity contribution in [3.63, 3.8) is 0 Å². The number of ether oxygens (including phenoxy) is 2. The highest BCUT2D eigenvalue weighted by molar-refractivity contribution is 7.49. The Bertz CT molecular complexity index is 1290. The van der Waals surface area contributed by atoms with Crippen LogP contribution in [0.15, 0.2) is 72.1 Å². The molecule has 1 N–H and O–H groups in total. The summed E-state index contributed by atoms with van der Waals surface area (Å²) in [6, 6.07) is 15.7. The highest BCUT2D eigenvalue weighted by atomic mass is 31.2. The minimum absolute atomic E-state index is 0.174. The molecule has 0 aliphatic carbocycles. The van der Waals surface area contributed by atoms with Crippen LogP contribution in [-0.2, 0) is 32.9 Å². The largest absolute Gasteiger partial charge is 0.646 e. The fourth-order valence-electron chi connectivity index (χ4n) is 4.45. The predicted molar refractivity (Wildman–Crippen MR) is 141 cm³/mol. The van der Waals surface area contributed by atoms with Gasteiger partial charge in [-0.1, -0.05) is 43.3 Å². The molecule has 0 radical (unpaired) electrons. The number of hydrogen-bond acceptors (Lipinski definition) is 10.